The average Bonchev–Trinajstić information content (AvgIpc) is 1.65. The molecule has 46 valence electrons. The first kappa shape index (κ1) is 7.76. The number of hydrogen-bond donors (Lipinski definition) is 1. The first-order valence-corrected chi connectivity index (χ1v) is 3.08. The minimum absolute atomic E-state index is 0.0772. The van der Waals surface area contributed by atoms with E-state index in [0.717, 1.165) is 5.57 Å². The molecular weight excluding hydrogens is 120 g/mol. The van der Waals surface area contributed by atoms with E-state index in [-0.39, 0.29) is 5.78 Å². The molecule has 0 aliphatic carbocycles. The van der Waals surface area contributed by atoms with Crippen LogP contribution in [0.2, 0.25) is 0 Å². The molecule has 0 unspecified atom stereocenters. The molecule has 0 aromatic carbocycles. The SMILES string of the molecule is CC(C)=CC(=O)CS. The van der Waals surface area contributed by atoms with Crippen LogP contribution in [0, 0.1) is 0 Å². The van der Waals surface area contributed by atoms with E-state index in [9.17, 15) is 4.79 Å². The standard InChI is InChI=1S/C6H10OS/c1-5(2)3-6(7)4-8/h3,8H,4H2,1-2H3. The van der Waals surface area contributed by atoms with Gasteiger partial charge >= 0.3 is 0 Å². The summed E-state index contributed by atoms with van der Waals surface area (Å²) < 4.78 is 0. The molecule has 0 aliphatic rings. The van der Waals surface area contributed by atoms with E-state index in [2.05, 4.69) is 12.6 Å². The second-order valence-electron chi connectivity index (χ2n) is 1.85. The van der Waals surface area contributed by atoms with Gasteiger partial charge in [-0.05, 0) is 19.9 Å². The fourth-order valence-electron chi connectivity index (χ4n) is 0.368. The summed E-state index contributed by atoms with van der Waals surface area (Å²) in [5, 5.41) is 0. The Morgan fingerprint density at radius 3 is 2.25 bits per heavy atom. The Hall–Kier alpha value is -0.240. The predicted molar refractivity (Wildman–Crippen MR) is 38.3 cm³/mol. The zero-order valence-electron chi connectivity index (χ0n) is 5.14. The third-order valence-electron chi connectivity index (χ3n) is 0.605. The third kappa shape index (κ3) is 3.93. The largest absolute Gasteiger partial charge is 0.294 e. The molecule has 0 aromatic rings. The summed E-state index contributed by atoms with van der Waals surface area (Å²) in [5.41, 5.74) is 1.03. The van der Waals surface area contributed by atoms with Crippen LogP contribution < -0.4 is 0 Å². The van der Waals surface area contributed by atoms with E-state index in [1.807, 2.05) is 13.8 Å². The highest BCUT2D eigenvalue weighted by Crippen LogP contribution is 1.89. The maximum Gasteiger partial charge on any atom is 0.165 e. The molecule has 0 bridgehead atoms. The van der Waals surface area contributed by atoms with Gasteiger partial charge in [-0.2, -0.15) is 12.6 Å². The van der Waals surface area contributed by atoms with Crippen molar-refractivity contribution in [2.75, 3.05) is 5.75 Å². The van der Waals surface area contributed by atoms with Crippen molar-refractivity contribution in [1.29, 1.82) is 0 Å². The van der Waals surface area contributed by atoms with Gasteiger partial charge in [0.05, 0.1) is 5.75 Å². The lowest BCUT2D eigenvalue weighted by molar-refractivity contribution is -0.112. The predicted octanol–water partition coefficient (Wildman–Crippen LogP) is 1.45. The number of ketones is 1. The van der Waals surface area contributed by atoms with E-state index in [1.165, 1.54) is 0 Å². The first-order valence-electron chi connectivity index (χ1n) is 2.45. The van der Waals surface area contributed by atoms with Gasteiger partial charge < -0.3 is 0 Å². The molecule has 0 saturated carbocycles. The Morgan fingerprint density at radius 2 is 2.12 bits per heavy atom. The van der Waals surface area contributed by atoms with Crippen LogP contribution in [0.4, 0.5) is 0 Å². The van der Waals surface area contributed by atoms with E-state index < -0.39 is 0 Å². The van der Waals surface area contributed by atoms with Crippen LogP contribution >= 0.6 is 12.6 Å². The van der Waals surface area contributed by atoms with Gasteiger partial charge in [0.15, 0.2) is 5.78 Å². The topological polar surface area (TPSA) is 17.1 Å². The van der Waals surface area contributed by atoms with Crippen molar-refractivity contribution in [3.05, 3.63) is 11.6 Å². The second kappa shape index (κ2) is 3.72. The maximum absolute atomic E-state index is 10.5. The lowest BCUT2D eigenvalue weighted by Gasteiger charge is -1.85. The Labute approximate surface area is 55.2 Å². The second-order valence-corrected chi connectivity index (χ2v) is 2.16. The summed E-state index contributed by atoms with van der Waals surface area (Å²) in [5.74, 6) is 0.388. The summed E-state index contributed by atoms with van der Waals surface area (Å²) >= 11 is 3.80. The molecule has 0 heterocycles. The van der Waals surface area contributed by atoms with Crippen LogP contribution in [0.3, 0.4) is 0 Å². The highest BCUT2D eigenvalue weighted by molar-refractivity contribution is 7.81. The quantitative estimate of drug-likeness (QED) is 0.442. The van der Waals surface area contributed by atoms with Gasteiger partial charge in [-0.15, -0.1) is 0 Å². The minimum Gasteiger partial charge on any atom is -0.294 e. The molecule has 0 radical (unpaired) electrons. The van der Waals surface area contributed by atoms with Crippen LogP contribution in [0.15, 0.2) is 11.6 Å². The molecule has 0 rings (SSSR count). The van der Waals surface area contributed by atoms with Gasteiger partial charge in [0.1, 0.15) is 0 Å². The molecule has 0 saturated heterocycles. The Kier molecular flexibility index (Phi) is 3.61. The Balaban J connectivity index is 3.70. The minimum atomic E-state index is 0.0772. The monoisotopic (exact) mass is 130 g/mol. The number of carbonyl (C=O) groups excluding carboxylic acids is 1. The van der Waals surface area contributed by atoms with E-state index in [4.69, 9.17) is 0 Å². The van der Waals surface area contributed by atoms with Crippen LogP contribution in [0.5, 0.6) is 0 Å². The van der Waals surface area contributed by atoms with Crippen molar-refractivity contribution in [3.63, 3.8) is 0 Å². The van der Waals surface area contributed by atoms with Gasteiger partial charge in [0.2, 0.25) is 0 Å². The molecule has 0 aromatic heterocycles. The number of hydrogen-bond acceptors (Lipinski definition) is 2. The molecule has 0 amide bonds. The molecule has 1 nitrogen and oxygen atoms in total. The molecular formula is C6H10OS. The lowest BCUT2D eigenvalue weighted by Crippen LogP contribution is -1.92. The van der Waals surface area contributed by atoms with Gasteiger partial charge in [0.25, 0.3) is 0 Å². The number of thiol groups is 1. The average molecular weight is 130 g/mol. The summed E-state index contributed by atoms with van der Waals surface area (Å²) in [4.78, 5) is 10.5. The molecule has 0 fully saturated rings. The smallest absolute Gasteiger partial charge is 0.165 e. The fourth-order valence-corrected chi connectivity index (χ4v) is 0.459. The molecule has 0 N–H and O–H groups in total. The molecule has 0 atom stereocenters. The lowest BCUT2D eigenvalue weighted by atomic mass is 10.3. The van der Waals surface area contributed by atoms with Gasteiger partial charge in [-0.1, -0.05) is 5.57 Å². The Morgan fingerprint density at radius 1 is 1.62 bits per heavy atom. The van der Waals surface area contributed by atoms with Crippen LogP contribution in [0.1, 0.15) is 13.8 Å². The van der Waals surface area contributed by atoms with Crippen LogP contribution in [-0.4, -0.2) is 11.5 Å². The van der Waals surface area contributed by atoms with Gasteiger partial charge in [-0.3, -0.25) is 4.79 Å². The van der Waals surface area contributed by atoms with Crippen LogP contribution in [-0.2, 0) is 4.79 Å². The number of rotatable bonds is 2. The van der Waals surface area contributed by atoms with Crippen LogP contribution in [0.25, 0.3) is 0 Å². The van der Waals surface area contributed by atoms with Crippen molar-refractivity contribution >= 4 is 18.4 Å². The summed E-state index contributed by atoms with van der Waals surface area (Å²) in [6, 6.07) is 0. The Bertz CT molecular complexity index is 112. The number of allylic oxidation sites excluding steroid dienone is 2. The zero-order chi connectivity index (χ0) is 6.57. The van der Waals surface area contributed by atoms with Crippen molar-refractivity contribution in [2.24, 2.45) is 0 Å². The molecule has 0 aliphatic heterocycles. The summed E-state index contributed by atoms with van der Waals surface area (Å²) in [6.07, 6.45) is 1.59. The molecule has 2 heteroatoms. The zero-order valence-corrected chi connectivity index (χ0v) is 6.03. The van der Waals surface area contributed by atoms with Gasteiger partial charge in [0, 0.05) is 0 Å². The van der Waals surface area contributed by atoms with Crippen molar-refractivity contribution in [1.82, 2.24) is 0 Å². The van der Waals surface area contributed by atoms with E-state index >= 15 is 0 Å². The molecule has 8 heavy (non-hydrogen) atoms. The first-order chi connectivity index (χ1) is 3.66. The van der Waals surface area contributed by atoms with Crippen molar-refractivity contribution in [3.8, 4) is 0 Å². The molecule has 0 spiro atoms. The summed E-state index contributed by atoms with van der Waals surface area (Å²) in [6.45, 7) is 3.78. The highest BCUT2D eigenvalue weighted by Gasteiger charge is 1.88. The van der Waals surface area contributed by atoms with Crippen molar-refractivity contribution < 1.29 is 4.79 Å². The van der Waals surface area contributed by atoms with Crippen molar-refractivity contribution in [2.45, 2.75) is 13.8 Å². The van der Waals surface area contributed by atoms with E-state index in [1.54, 1.807) is 6.08 Å². The highest BCUT2D eigenvalue weighted by atomic mass is 32.1. The van der Waals surface area contributed by atoms with Gasteiger partial charge in [-0.25, -0.2) is 0 Å². The maximum atomic E-state index is 10.5. The normalized spacial score (nSPS) is 8.38. The fraction of sp³-hybridized carbons (Fsp3) is 0.500. The third-order valence-corrected chi connectivity index (χ3v) is 0.917. The number of carbonyl (C=O) groups is 1. The van der Waals surface area contributed by atoms with E-state index in [0.29, 0.717) is 5.75 Å². The summed E-state index contributed by atoms with van der Waals surface area (Å²) in [7, 11) is 0.